The molecule has 1 saturated carbocycles. The fourth-order valence-corrected chi connectivity index (χ4v) is 7.25. The molecule has 1 atom stereocenters. The lowest BCUT2D eigenvalue weighted by Gasteiger charge is -2.30. The summed E-state index contributed by atoms with van der Waals surface area (Å²) >= 11 is 0. The van der Waals surface area contributed by atoms with Gasteiger partial charge in [0, 0.05) is 43.8 Å². The Hall–Kier alpha value is -3.28. The van der Waals surface area contributed by atoms with Crippen molar-refractivity contribution in [1.82, 2.24) is 9.88 Å². The van der Waals surface area contributed by atoms with Crippen LogP contribution in [0.5, 0.6) is 0 Å². The normalized spacial score (nSPS) is 15.7. The number of hydrogen-bond donors (Lipinski definition) is 3. The van der Waals surface area contributed by atoms with Gasteiger partial charge in [0.25, 0.3) is 10.1 Å². The molecule has 47 heavy (non-hydrogen) atoms. The van der Waals surface area contributed by atoms with E-state index in [9.17, 15) is 32.1 Å². The molecule has 0 radical (unpaired) electrons. The number of pyridine rings is 1. The van der Waals surface area contributed by atoms with E-state index in [1.54, 1.807) is 18.2 Å². The van der Waals surface area contributed by atoms with Crippen molar-refractivity contribution in [2.24, 2.45) is 0 Å². The highest BCUT2D eigenvalue weighted by molar-refractivity contribution is 7.86. The molecule has 0 bridgehead atoms. The molecule has 2 fully saturated rings. The summed E-state index contributed by atoms with van der Waals surface area (Å²) in [5.41, 5.74) is 0.845. The smallest absolute Gasteiger partial charge is 0.341 e. The Morgan fingerprint density at radius 1 is 0.957 bits per heavy atom. The Kier molecular flexibility index (Phi) is 13.8. The van der Waals surface area contributed by atoms with E-state index in [1.165, 1.54) is 57.2 Å². The molecule has 5 rings (SSSR count). The molecule has 1 aromatic heterocycles. The molecule has 1 unspecified atom stereocenters. The van der Waals surface area contributed by atoms with Gasteiger partial charge in [-0.1, -0.05) is 101 Å². The molecule has 1 aliphatic carbocycles. The van der Waals surface area contributed by atoms with Crippen molar-refractivity contribution < 1.29 is 27.3 Å². The topological polar surface area (TPSA) is 129 Å². The molecule has 258 valence electrons. The highest BCUT2D eigenvalue weighted by Gasteiger charge is 2.28. The molecule has 2 aromatic carbocycles. The minimum atomic E-state index is -4.03. The predicted octanol–water partition coefficient (Wildman–Crippen LogP) is 7.51. The Morgan fingerprint density at radius 2 is 1.55 bits per heavy atom. The van der Waals surface area contributed by atoms with Gasteiger partial charge in [-0.05, 0) is 37.0 Å². The Bertz CT molecular complexity index is 1620. The van der Waals surface area contributed by atoms with E-state index in [1.807, 2.05) is 27.7 Å². The maximum absolute atomic E-state index is 14.6. The molecular formula is C36H50FN3O6S. The Labute approximate surface area is 277 Å². The Balaban J connectivity index is 0.000000213. The number of aromatic carboxylic acids is 1. The number of benzene rings is 2. The van der Waals surface area contributed by atoms with Crippen molar-refractivity contribution in [2.45, 2.75) is 102 Å². The van der Waals surface area contributed by atoms with Gasteiger partial charge in [-0.3, -0.25) is 9.35 Å². The lowest BCUT2D eigenvalue weighted by molar-refractivity contribution is 0.0694. The van der Waals surface area contributed by atoms with E-state index < -0.39 is 32.6 Å². The summed E-state index contributed by atoms with van der Waals surface area (Å²) in [6.07, 6.45) is 16.0. The number of anilines is 1. The number of piperazine rings is 1. The van der Waals surface area contributed by atoms with E-state index in [2.05, 4.69) is 12.2 Å². The average Bonchev–Trinajstić information content (AvgIpc) is 3.90. The molecule has 2 heterocycles. The van der Waals surface area contributed by atoms with Crippen molar-refractivity contribution >= 4 is 32.7 Å². The van der Waals surface area contributed by atoms with Crippen LogP contribution in [-0.2, 0) is 10.1 Å². The summed E-state index contributed by atoms with van der Waals surface area (Å²) < 4.78 is 49.0. The predicted molar refractivity (Wildman–Crippen MR) is 186 cm³/mol. The molecule has 1 aliphatic heterocycles. The second-order valence-corrected chi connectivity index (χ2v) is 14.4. The van der Waals surface area contributed by atoms with Crippen LogP contribution in [0.15, 0.2) is 53.5 Å². The zero-order valence-electron chi connectivity index (χ0n) is 27.5. The number of unbranched alkanes of at least 4 members (excludes halogenated alkanes) is 9. The SMILES string of the molecule is CCCCCCCCCCCCC(c1ccccc1)S(=O)(=O)O.O=C(O)c1cn(C2CC2)c2cc(N3CCNCC3)c(F)cc2c1=O. The van der Waals surface area contributed by atoms with Gasteiger partial charge in [0.2, 0.25) is 5.43 Å². The van der Waals surface area contributed by atoms with Crippen LogP contribution in [0.25, 0.3) is 10.9 Å². The lowest BCUT2D eigenvalue weighted by Crippen LogP contribution is -2.43. The average molecular weight is 672 g/mol. The third-order valence-electron chi connectivity index (χ3n) is 9.08. The minimum Gasteiger partial charge on any atom is -0.477 e. The number of carbonyl (C=O) groups is 1. The molecule has 0 amide bonds. The summed E-state index contributed by atoms with van der Waals surface area (Å²) in [6.45, 7) is 5.19. The van der Waals surface area contributed by atoms with E-state index in [0.29, 0.717) is 36.3 Å². The second kappa shape index (κ2) is 17.8. The van der Waals surface area contributed by atoms with Gasteiger partial charge in [0.15, 0.2) is 0 Å². The minimum absolute atomic E-state index is 0.137. The van der Waals surface area contributed by atoms with Crippen molar-refractivity contribution in [3.8, 4) is 0 Å². The number of fused-ring (bicyclic) bond motifs is 1. The fraction of sp³-hybridized carbons (Fsp3) is 0.556. The molecule has 1 saturated heterocycles. The summed E-state index contributed by atoms with van der Waals surface area (Å²) in [6, 6.07) is 12.1. The zero-order valence-corrected chi connectivity index (χ0v) is 28.3. The second-order valence-electron chi connectivity index (χ2n) is 12.8. The highest BCUT2D eigenvalue weighted by Crippen LogP contribution is 2.38. The molecule has 3 aromatic rings. The van der Waals surface area contributed by atoms with Gasteiger partial charge in [-0.25, -0.2) is 9.18 Å². The van der Waals surface area contributed by atoms with Crippen LogP contribution in [0.4, 0.5) is 10.1 Å². The van der Waals surface area contributed by atoms with Crippen molar-refractivity contribution in [2.75, 3.05) is 31.1 Å². The van der Waals surface area contributed by atoms with Crippen molar-refractivity contribution in [1.29, 1.82) is 0 Å². The maximum atomic E-state index is 14.6. The highest BCUT2D eigenvalue weighted by atomic mass is 32.2. The summed E-state index contributed by atoms with van der Waals surface area (Å²) in [5, 5.41) is 11.8. The van der Waals surface area contributed by atoms with Crippen LogP contribution in [0.3, 0.4) is 0 Å². The van der Waals surface area contributed by atoms with Gasteiger partial charge < -0.3 is 19.9 Å². The van der Waals surface area contributed by atoms with E-state index >= 15 is 0 Å². The van der Waals surface area contributed by atoms with Crippen molar-refractivity contribution in [3.05, 3.63) is 75.8 Å². The summed E-state index contributed by atoms with van der Waals surface area (Å²) in [4.78, 5) is 25.7. The monoisotopic (exact) mass is 671 g/mol. The van der Waals surface area contributed by atoms with Gasteiger partial charge >= 0.3 is 5.97 Å². The van der Waals surface area contributed by atoms with Crippen LogP contribution in [-0.4, -0.2) is 54.8 Å². The Morgan fingerprint density at radius 3 is 2.11 bits per heavy atom. The standard InChI is InChI=1S/C19H32O3S.C17H18FN3O3/c1-2-3-4-5-6-7-8-9-10-14-17-19(23(20,21)22)18-15-12-11-13-16-18;18-13-7-11-14(8-15(13)20-5-3-19-4-6-20)21(10-1-2-10)9-12(16(11)22)17(23)24/h11-13,15-16,19H,2-10,14,17H2,1H3,(H,20,21,22);7-10,19H,1-6H2,(H,23,24). The molecule has 9 nitrogen and oxygen atoms in total. The number of carboxylic acids is 1. The van der Waals surface area contributed by atoms with Gasteiger partial charge in [-0.2, -0.15) is 8.42 Å². The number of halogens is 1. The fourth-order valence-electron chi connectivity index (χ4n) is 6.29. The lowest BCUT2D eigenvalue weighted by atomic mass is 10.0. The molecule has 11 heteroatoms. The first-order chi connectivity index (χ1) is 22.6. The molecular weight excluding hydrogens is 621 g/mol. The van der Waals surface area contributed by atoms with Crippen LogP contribution in [0.1, 0.15) is 118 Å². The number of nitrogens with zero attached hydrogens (tertiary/aromatic N) is 2. The quantitative estimate of drug-likeness (QED) is 0.105. The first-order valence-electron chi connectivity index (χ1n) is 17.2. The third-order valence-corrected chi connectivity index (χ3v) is 10.3. The first kappa shape index (κ1) is 36.6. The van der Waals surface area contributed by atoms with Crippen LogP contribution >= 0.6 is 0 Å². The van der Waals surface area contributed by atoms with Gasteiger partial charge in [0.1, 0.15) is 16.6 Å². The summed E-state index contributed by atoms with van der Waals surface area (Å²) in [7, 11) is -4.03. The zero-order chi connectivity index (χ0) is 33.8. The first-order valence-corrected chi connectivity index (χ1v) is 18.7. The number of rotatable bonds is 16. The molecule has 3 N–H and O–H groups in total. The third kappa shape index (κ3) is 10.6. The largest absolute Gasteiger partial charge is 0.477 e. The van der Waals surface area contributed by atoms with Gasteiger partial charge in [0.05, 0.1) is 11.2 Å². The summed E-state index contributed by atoms with van der Waals surface area (Å²) in [5.74, 6) is -1.76. The number of nitrogens with one attached hydrogen (secondary N) is 1. The number of carboxylic acid groups (broad SMARTS) is 1. The van der Waals surface area contributed by atoms with Gasteiger partial charge in [-0.15, -0.1) is 0 Å². The molecule has 2 aliphatic rings. The van der Waals surface area contributed by atoms with Crippen LogP contribution < -0.4 is 15.6 Å². The molecule has 0 spiro atoms. The van der Waals surface area contributed by atoms with Crippen LogP contribution in [0, 0.1) is 5.82 Å². The van der Waals surface area contributed by atoms with E-state index in [4.69, 9.17) is 0 Å². The van der Waals surface area contributed by atoms with Crippen LogP contribution in [0.2, 0.25) is 0 Å². The van der Waals surface area contributed by atoms with E-state index in [0.717, 1.165) is 45.2 Å². The maximum Gasteiger partial charge on any atom is 0.341 e. The van der Waals surface area contributed by atoms with Crippen molar-refractivity contribution in [3.63, 3.8) is 0 Å². The van der Waals surface area contributed by atoms with E-state index in [-0.39, 0.29) is 17.0 Å². The number of hydrogen-bond acceptors (Lipinski definition) is 6. The number of aromatic nitrogens is 1.